The van der Waals surface area contributed by atoms with E-state index in [9.17, 15) is 4.57 Å². The molecule has 2 nitrogen and oxygen atoms in total. The number of benzene rings is 3. The molecule has 3 heteroatoms. The van der Waals surface area contributed by atoms with Crippen LogP contribution in [0.5, 0.6) is 0 Å². The van der Waals surface area contributed by atoms with Crippen molar-refractivity contribution in [1.82, 2.24) is 0 Å². The maximum atomic E-state index is 13.6. The molecule has 3 aromatic rings. The summed E-state index contributed by atoms with van der Waals surface area (Å²) in [5.41, 5.74) is 1.27. The van der Waals surface area contributed by atoms with Crippen LogP contribution < -0.4 is 10.6 Å². The van der Waals surface area contributed by atoms with Gasteiger partial charge in [-0.05, 0) is 42.7 Å². The van der Waals surface area contributed by atoms with Gasteiger partial charge in [0.25, 0.3) is 7.37 Å². The summed E-state index contributed by atoms with van der Waals surface area (Å²) < 4.78 is 19.6. The van der Waals surface area contributed by atoms with Crippen molar-refractivity contribution in [2.45, 2.75) is 12.8 Å². The molecule has 24 heavy (non-hydrogen) atoms. The number of hydrogen-bond acceptors (Lipinski definition) is 2. The Labute approximate surface area is 143 Å². The Morgan fingerprint density at radius 3 is 1.62 bits per heavy atom. The first-order valence-electron chi connectivity index (χ1n) is 8.19. The van der Waals surface area contributed by atoms with Crippen molar-refractivity contribution in [3.63, 3.8) is 0 Å². The highest BCUT2D eigenvalue weighted by molar-refractivity contribution is 7.74. The van der Waals surface area contributed by atoms with E-state index >= 15 is 0 Å². The van der Waals surface area contributed by atoms with Crippen molar-refractivity contribution in [2.75, 3.05) is 6.61 Å². The molecular weight excluding hydrogens is 315 g/mol. The fourth-order valence-corrected chi connectivity index (χ4v) is 4.77. The normalized spacial score (nSPS) is 11.3. The van der Waals surface area contributed by atoms with Gasteiger partial charge in [-0.2, -0.15) is 0 Å². The van der Waals surface area contributed by atoms with Crippen LogP contribution in [0.15, 0.2) is 91.0 Å². The molecule has 0 heterocycles. The fraction of sp³-hybridized carbons (Fsp3) is 0.143. The van der Waals surface area contributed by atoms with Gasteiger partial charge in [-0.25, -0.2) is 0 Å². The molecule has 3 aromatic carbocycles. The summed E-state index contributed by atoms with van der Waals surface area (Å²) in [5.74, 6) is 0. The van der Waals surface area contributed by atoms with Crippen molar-refractivity contribution in [3.8, 4) is 0 Å². The van der Waals surface area contributed by atoms with Crippen LogP contribution in [0.3, 0.4) is 0 Å². The predicted octanol–water partition coefficient (Wildman–Crippen LogP) is 4.56. The first-order valence-corrected chi connectivity index (χ1v) is 9.81. The lowest BCUT2D eigenvalue weighted by atomic mass is 10.1. The van der Waals surface area contributed by atoms with E-state index in [-0.39, 0.29) is 0 Å². The highest BCUT2D eigenvalue weighted by Gasteiger charge is 2.27. The zero-order valence-electron chi connectivity index (χ0n) is 13.5. The highest BCUT2D eigenvalue weighted by atomic mass is 31.2. The van der Waals surface area contributed by atoms with Gasteiger partial charge in [0.15, 0.2) is 0 Å². The molecular formula is C21H21O2P. The third-order valence-corrected chi connectivity index (χ3v) is 6.42. The van der Waals surface area contributed by atoms with Crippen molar-refractivity contribution in [1.29, 1.82) is 0 Å². The smallest absolute Gasteiger partial charge is 0.261 e. The third kappa shape index (κ3) is 4.03. The molecule has 0 aliphatic carbocycles. The van der Waals surface area contributed by atoms with Crippen LogP contribution >= 0.6 is 7.37 Å². The van der Waals surface area contributed by atoms with E-state index in [1.54, 1.807) is 0 Å². The maximum absolute atomic E-state index is 13.6. The van der Waals surface area contributed by atoms with Crippen molar-refractivity contribution in [3.05, 3.63) is 96.6 Å². The topological polar surface area (TPSA) is 26.3 Å². The Balaban J connectivity index is 1.73. The van der Waals surface area contributed by atoms with Gasteiger partial charge in [-0.3, -0.25) is 4.57 Å². The van der Waals surface area contributed by atoms with E-state index < -0.39 is 7.37 Å². The maximum Gasteiger partial charge on any atom is 0.261 e. The molecule has 0 fully saturated rings. The molecule has 3 rings (SSSR count). The molecule has 0 amide bonds. The van der Waals surface area contributed by atoms with Crippen molar-refractivity contribution in [2.24, 2.45) is 0 Å². The SMILES string of the molecule is O=P(OCCCc1ccccc1)(c1ccccc1)c1ccccc1. The summed E-state index contributed by atoms with van der Waals surface area (Å²) in [7, 11) is -3.05. The standard InChI is InChI=1S/C21H21O2P/c22-24(20-14-6-2-7-15-20,21-16-8-3-9-17-21)23-18-10-13-19-11-4-1-5-12-19/h1-9,11-12,14-17H,10,13,18H2. The average Bonchev–Trinajstić information content (AvgIpc) is 2.67. The van der Waals surface area contributed by atoms with E-state index in [2.05, 4.69) is 12.1 Å². The van der Waals surface area contributed by atoms with E-state index in [0.29, 0.717) is 6.61 Å². The Kier molecular flexibility index (Phi) is 5.63. The van der Waals surface area contributed by atoms with Crippen LogP contribution in [0.1, 0.15) is 12.0 Å². The van der Waals surface area contributed by atoms with E-state index in [1.807, 2.05) is 78.9 Å². The Hall–Kier alpha value is -2.15. The quantitative estimate of drug-likeness (QED) is 0.467. The molecule has 0 saturated heterocycles. The van der Waals surface area contributed by atoms with Gasteiger partial charge in [0, 0.05) is 10.6 Å². The van der Waals surface area contributed by atoms with Gasteiger partial charge in [0.1, 0.15) is 0 Å². The lowest BCUT2D eigenvalue weighted by Gasteiger charge is -2.19. The summed E-state index contributed by atoms with van der Waals surface area (Å²) in [6.07, 6.45) is 1.76. The molecule has 0 aliphatic rings. The number of rotatable bonds is 7. The zero-order valence-corrected chi connectivity index (χ0v) is 14.4. The first-order chi connectivity index (χ1) is 11.8. The second-order valence-electron chi connectivity index (χ2n) is 5.64. The minimum absolute atomic E-state index is 0.468. The van der Waals surface area contributed by atoms with Gasteiger partial charge in [0.2, 0.25) is 0 Å². The van der Waals surface area contributed by atoms with Gasteiger partial charge < -0.3 is 4.52 Å². The molecule has 0 unspecified atom stereocenters. The number of hydrogen-bond donors (Lipinski definition) is 0. The molecule has 0 radical (unpaired) electrons. The van der Waals surface area contributed by atoms with Gasteiger partial charge in [-0.1, -0.05) is 66.7 Å². The van der Waals surface area contributed by atoms with Crippen LogP contribution in [0.2, 0.25) is 0 Å². The van der Waals surface area contributed by atoms with Crippen LogP contribution in [-0.4, -0.2) is 6.61 Å². The molecule has 0 N–H and O–H groups in total. The number of aryl methyl sites for hydroxylation is 1. The van der Waals surface area contributed by atoms with Crippen LogP contribution in [-0.2, 0) is 15.5 Å². The molecule has 122 valence electrons. The average molecular weight is 336 g/mol. The summed E-state index contributed by atoms with van der Waals surface area (Å²) >= 11 is 0. The summed E-state index contributed by atoms with van der Waals surface area (Å²) in [6, 6.07) is 29.3. The zero-order chi connectivity index (χ0) is 16.7. The molecule has 0 aliphatic heterocycles. The van der Waals surface area contributed by atoms with E-state index in [0.717, 1.165) is 23.5 Å². The van der Waals surface area contributed by atoms with Crippen LogP contribution in [0, 0.1) is 0 Å². The fourth-order valence-electron chi connectivity index (χ4n) is 2.66. The van der Waals surface area contributed by atoms with E-state index in [4.69, 9.17) is 4.52 Å². The van der Waals surface area contributed by atoms with Crippen LogP contribution in [0.4, 0.5) is 0 Å². The monoisotopic (exact) mass is 336 g/mol. The molecule has 0 saturated carbocycles. The Bertz CT molecular complexity index is 742. The summed E-state index contributed by atoms with van der Waals surface area (Å²) in [4.78, 5) is 0. The third-order valence-electron chi connectivity index (χ3n) is 3.92. The van der Waals surface area contributed by atoms with Crippen molar-refractivity contribution < 1.29 is 9.09 Å². The second kappa shape index (κ2) is 8.10. The van der Waals surface area contributed by atoms with Crippen molar-refractivity contribution >= 4 is 18.0 Å². The first kappa shape index (κ1) is 16.7. The molecule has 0 spiro atoms. The molecule has 0 aromatic heterocycles. The van der Waals surface area contributed by atoms with Crippen LogP contribution in [0.25, 0.3) is 0 Å². The minimum Gasteiger partial charge on any atom is -0.322 e. The Morgan fingerprint density at radius 2 is 1.12 bits per heavy atom. The predicted molar refractivity (Wildman–Crippen MR) is 100 cm³/mol. The second-order valence-corrected chi connectivity index (χ2v) is 8.04. The minimum atomic E-state index is -3.05. The van der Waals surface area contributed by atoms with Gasteiger partial charge in [-0.15, -0.1) is 0 Å². The lowest BCUT2D eigenvalue weighted by molar-refractivity contribution is 0.320. The molecule has 0 bridgehead atoms. The summed E-state index contributed by atoms with van der Waals surface area (Å²) in [5, 5.41) is 1.49. The largest absolute Gasteiger partial charge is 0.322 e. The van der Waals surface area contributed by atoms with Gasteiger partial charge >= 0.3 is 0 Å². The summed E-state index contributed by atoms with van der Waals surface area (Å²) in [6.45, 7) is 0.468. The van der Waals surface area contributed by atoms with E-state index in [1.165, 1.54) is 5.56 Å². The molecule has 0 atom stereocenters. The highest BCUT2D eigenvalue weighted by Crippen LogP contribution is 2.44. The van der Waals surface area contributed by atoms with Gasteiger partial charge in [0.05, 0.1) is 6.61 Å². The Morgan fingerprint density at radius 1 is 0.667 bits per heavy atom. The lowest BCUT2D eigenvalue weighted by Crippen LogP contribution is -2.18.